The van der Waals surface area contributed by atoms with Crippen LogP contribution < -0.4 is 9.47 Å². The Balaban J connectivity index is 1.66. The molecule has 3 rings (SSSR count). The number of nitriles is 1. The Labute approximate surface area is 174 Å². The van der Waals surface area contributed by atoms with Gasteiger partial charge < -0.3 is 14.4 Å². The van der Waals surface area contributed by atoms with Gasteiger partial charge in [-0.1, -0.05) is 12.1 Å². The quantitative estimate of drug-likeness (QED) is 0.594. The number of hydrogen-bond donors (Lipinski definition) is 0. The second kappa shape index (κ2) is 9.22. The van der Waals surface area contributed by atoms with Crippen molar-refractivity contribution in [2.45, 2.75) is 13.0 Å². The normalized spacial score (nSPS) is 10.3. The van der Waals surface area contributed by atoms with Gasteiger partial charge in [0.2, 0.25) is 5.91 Å². The summed E-state index contributed by atoms with van der Waals surface area (Å²) in [5.41, 5.74) is 3.23. The second-order valence-corrected chi connectivity index (χ2v) is 7.31. The molecule has 0 spiro atoms. The third kappa shape index (κ3) is 4.92. The van der Waals surface area contributed by atoms with Crippen LogP contribution in [0.2, 0.25) is 0 Å². The zero-order valence-electron chi connectivity index (χ0n) is 16.5. The van der Waals surface area contributed by atoms with E-state index in [0.717, 1.165) is 21.8 Å². The van der Waals surface area contributed by atoms with Crippen molar-refractivity contribution in [2.75, 3.05) is 21.3 Å². The molecule has 0 saturated carbocycles. The molecule has 29 heavy (non-hydrogen) atoms. The molecular weight excluding hydrogens is 386 g/mol. The number of aromatic nitrogens is 1. The molecule has 1 heterocycles. The number of nitrogens with zero attached hydrogens (tertiary/aromatic N) is 3. The van der Waals surface area contributed by atoms with E-state index >= 15 is 0 Å². The van der Waals surface area contributed by atoms with E-state index in [1.807, 2.05) is 35.7 Å². The van der Waals surface area contributed by atoms with Gasteiger partial charge in [-0.3, -0.25) is 4.79 Å². The summed E-state index contributed by atoms with van der Waals surface area (Å²) in [6.45, 7) is 0.483. The van der Waals surface area contributed by atoms with Crippen LogP contribution >= 0.6 is 11.3 Å². The fourth-order valence-corrected chi connectivity index (χ4v) is 3.64. The molecule has 0 aliphatic carbocycles. The van der Waals surface area contributed by atoms with E-state index in [1.165, 1.54) is 11.3 Å². The number of benzene rings is 2. The predicted octanol–water partition coefficient (Wildman–Crippen LogP) is 3.90. The molecule has 0 aliphatic rings. The van der Waals surface area contributed by atoms with Gasteiger partial charge in [0.1, 0.15) is 5.01 Å². The molecule has 0 aliphatic heterocycles. The standard InChI is InChI=1S/C22H21N3O3S/c1-25(13-16-6-4-15(12-23)5-7-16)21(26)11-18-14-29-22(24-18)17-8-9-19(27-2)20(10-17)28-3/h4-10,14H,11,13H2,1-3H3. The van der Waals surface area contributed by atoms with Crippen molar-refractivity contribution in [3.05, 3.63) is 64.7 Å². The monoisotopic (exact) mass is 407 g/mol. The summed E-state index contributed by atoms with van der Waals surface area (Å²) >= 11 is 1.49. The summed E-state index contributed by atoms with van der Waals surface area (Å²) in [6.07, 6.45) is 0.233. The fourth-order valence-electron chi connectivity index (χ4n) is 2.83. The average molecular weight is 407 g/mol. The fraction of sp³-hybridized carbons (Fsp3) is 0.227. The average Bonchev–Trinajstić information content (AvgIpc) is 3.22. The van der Waals surface area contributed by atoms with Crippen LogP contribution in [0.4, 0.5) is 0 Å². The smallest absolute Gasteiger partial charge is 0.228 e. The SMILES string of the molecule is COc1ccc(-c2nc(CC(=O)N(C)Cc3ccc(C#N)cc3)cs2)cc1OC. The van der Waals surface area contributed by atoms with Crippen LogP contribution in [0.3, 0.4) is 0 Å². The van der Waals surface area contributed by atoms with Crippen molar-refractivity contribution in [3.8, 4) is 28.1 Å². The molecule has 148 valence electrons. The Kier molecular flexibility index (Phi) is 6.47. The molecule has 7 heteroatoms. The van der Waals surface area contributed by atoms with Crippen LogP contribution in [-0.4, -0.2) is 37.1 Å². The minimum Gasteiger partial charge on any atom is -0.493 e. The number of thiazole rings is 1. The highest BCUT2D eigenvalue weighted by Crippen LogP contribution is 2.33. The second-order valence-electron chi connectivity index (χ2n) is 6.45. The molecule has 0 bridgehead atoms. The minimum atomic E-state index is -0.0153. The molecule has 2 aromatic carbocycles. The number of hydrogen-bond acceptors (Lipinski definition) is 6. The van der Waals surface area contributed by atoms with Crippen LogP contribution in [0.5, 0.6) is 11.5 Å². The number of ether oxygens (including phenoxy) is 2. The Morgan fingerprint density at radius 2 is 1.86 bits per heavy atom. The van der Waals surface area contributed by atoms with Gasteiger partial charge in [-0.05, 0) is 35.9 Å². The first-order valence-corrected chi connectivity index (χ1v) is 9.81. The topological polar surface area (TPSA) is 75.5 Å². The molecule has 0 saturated heterocycles. The number of rotatable bonds is 7. The lowest BCUT2D eigenvalue weighted by molar-refractivity contribution is -0.129. The van der Waals surface area contributed by atoms with E-state index in [-0.39, 0.29) is 12.3 Å². The summed E-state index contributed by atoms with van der Waals surface area (Å²) < 4.78 is 10.6. The first kappa shape index (κ1) is 20.4. The largest absolute Gasteiger partial charge is 0.493 e. The van der Waals surface area contributed by atoms with Crippen molar-refractivity contribution in [1.29, 1.82) is 5.26 Å². The first-order valence-electron chi connectivity index (χ1n) is 8.94. The lowest BCUT2D eigenvalue weighted by atomic mass is 10.1. The summed E-state index contributed by atoms with van der Waals surface area (Å²) in [5, 5.41) is 11.6. The highest BCUT2D eigenvalue weighted by Gasteiger charge is 2.14. The highest BCUT2D eigenvalue weighted by atomic mass is 32.1. The molecule has 6 nitrogen and oxygen atoms in total. The Hall–Kier alpha value is -3.37. The Bertz CT molecular complexity index is 1040. The van der Waals surface area contributed by atoms with Gasteiger partial charge in [0.05, 0.1) is 38.0 Å². The zero-order chi connectivity index (χ0) is 20.8. The summed E-state index contributed by atoms with van der Waals surface area (Å²) in [6, 6.07) is 15.0. The Morgan fingerprint density at radius 1 is 1.14 bits per heavy atom. The molecule has 3 aromatic rings. The maximum atomic E-state index is 12.6. The third-order valence-corrected chi connectivity index (χ3v) is 5.38. The van der Waals surface area contributed by atoms with E-state index in [2.05, 4.69) is 11.1 Å². The molecule has 0 unspecified atom stereocenters. The van der Waals surface area contributed by atoms with Crippen molar-refractivity contribution >= 4 is 17.2 Å². The van der Waals surface area contributed by atoms with Gasteiger partial charge in [-0.25, -0.2) is 4.98 Å². The number of carbonyl (C=O) groups excluding carboxylic acids is 1. The number of methoxy groups -OCH3 is 2. The van der Waals surface area contributed by atoms with Crippen LogP contribution in [0.15, 0.2) is 47.8 Å². The van der Waals surface area contributed by atoms with Crippen molar-refractivity contribution in [1.82, 2.24) is 9.88 Å². The van der Waals surface area contributed by atoms with E-state index < -0.39 is 0 Å². The molecule has 0 N–H and O–H groups in total. The van der Waals surface area contributed by atoms with Crippen molar-refractivity contribution in [2.24, 2.45) is 0 Å². The minimum absolute atomic E-state index is 0.0153. The molecule has 0 radical (unpaired) electrons. The van der Waals surface area contributed by atoms with Gasteiger partial charge in [-0.15, -0.1) is 11.3 Å². The lowest BCUT2D eigenvalue weighted by Gasteiger charge is -2.16. The van der Waals surface area contributed by atoms with E-state index in [0.29, 0.717) is 23.6 Å². The molecular formula is C22H21N3O3S. The van der Waals surface area contributed by atoms with Gasteiger partial charge in [0.15, 0.2) is 11.5 Å². The van der Waals surface area contributed by atoms with Gasteiger partial charge in [-0.2, -0.15) is 5.26 Å². The van der Waals surface area contributed by atoms with E-state index in [9.17, 15) is 4.79 Å². The van der Waals surface area contributed by atoms with E-state index in [4.69, 9.17) is 14.7 Å². The van der Waals surface area contributed by atoms with Crippen LogP contribution in [0, 0.1) is 11.3 Å². The highest BCUT2D eigenvalue weighted by molar-refractivity contribution is 7.13. The van der Waals surface area contributed by atoms with Crippen molar-refractivity contribution in [3.63, 3.8) is 0 Å². The lowest BCUT2D eigenvalue weighted by Crippen LogP contribution is -2.27. The summed E-state index contributed by atoms with van der Waals surface area (Å²) in [4.78, 5) is 18.8. The van der Waals surface area contributed by atoms with Crippen LogP contribution in [0.25, 0.3) is 10.6 Å². The maximum absolute atomic E-state index is 12.6. The Morgan fingerprint density at radius 3 is 2.52 bits per heavy atom. The van der Waals surface area contributed by atoms with Crippen molar-refractivity contribution < 1.29 is 14.3 Å². The molecule has 1 aromatic heterocycles. The number of amides is 1. The predicted molar refractivity (Wildman–Crippen MR) is 112 cm³/mol. The van der Waals surface area contributed by atoms with Crippen LogP contribution in [0.1, 0.15) is 16.8 Å². The molecule has 0 atom stereocenters. The van der Waals surface area contributed by atoms with Gasteiger partial charge in [0, 0.05) is 24.5 Å². The maximum Gasteiger partial charge on any atom is 0.228 e. The number of carbonyl (C=O) groups is 1. The van der Waals surface area contributed by atoms with E-state index in [1.54, 1.807) is 38.3 Å². The third-order valence-electron chi connectivity index (χ3n) is 4.44. The summed E-state index contributed by atoms with van der Waals surface area (Å²) in [5.74, 6) is 1.28. The van der Waals surface area contributed by atoms with Gasteiger partial charge in [0.25, 0.3) is 0 Å². The first-order chi connectivity index (χ1) is 14.0. The zero-order valence-corrected chi connectivity index (χ0v) is 17.3. The molecule has 1 amide bonds. The van der Waals surface area contributed by atoms with Gasteiger partial charge >= 0.3 is 0 Å². The number of likely N-dealkylation sites (N-methyl/N-ethyl adjacent to an activating group) is 1. The van der Waals surface area contributed by atoms with Crippen LogP contribution in [-0.2, 0) is 17.8 Å². The molecule has 0 fully saturated rings. The summed E-state index contributed by atoms with van der Waals surface area (Å²) in [7, 11) is 4.96.